The summed E-state index contributed by atoms with van der Waals surface area (Å²) in [6, 6.07) is -0.194. The summed E-state index contributed by atoms with van der Waals surface area (Å²) >= 11 is 0. The van der Waals surface area contributed by atoms with Gasteiger partial charge in [0.1, 0.15) is 5.60 Å². The van der Waals surface area contributed by atoms with Crippen LogP contribution in [-0.2, 0) is 14.3 Å². The highest BCUT2D eigenvalue weighted by Crippen LogP contribution is 2.23. The average molecular weight is 287 g/mol. The highest BCUT2D eigenvalue weighted by atomic mass is 16.6. The molecule has 0 unspecified atom stereocenters. The Balaban J connectivity index is 2.59. The minimum absolute atomic E-state index is 0.194. The molecular formula is C14H25NO5. The predicted molar refractivity (Wildman–Crippen MR) is 73.6 cm³/mol. The van der Waals surface area contributed by atoms with E-state index < -0.39 is 23.8 Å². The van der Waals surface area contributed by atoms with Gasteiger partial charge in [0, 0.05) is 0 Å². The topological polar surface area (TPSA) is 84.9 Å². The van der Waals surface area contributed by atoms with Crippen molar-refractivity contribution >= 4 is 12.1 Å². The van der Waals surface area contributed by atoms with Gasteiger partial charge in [0.15, 0.2) is 6.10 Å². The molecule has 0 aromatic rings. The smallest absolute Gasteiger partial charge is 0.407 e. The van der Waals surface area contributed by atoms with Crippen LogP contribution in [-0.4, -0.2) is 41.0 Å². The van der Waals surface area contributed by atoms with E-state index in [9.17, 15) is 9.59 Å². The summed E-state index contributed by atoms with van der Waals surface area (Å²) in [7, 11) is 0. The second kappa shape index (κ2) is 6.92. The number of aliphatic carboxylic acids is 1. The third-order valence-electron chi connectivity index (χ3n) is 3.08. The van der Waals surface area contributed by atoms with Gasteiger partial charge in [0.25, 0.3) is 0 Å². The Morgan fingerprint density at radius 1 is 1.35 bits per heavy atom. The van der Waals surface area contributed by atoms with Crippen LogP contribution < -0.4 is 5.32 Å². The SMILES string of the molecule is CCC[C@H]1O[C@H](C(=O)O)CC[C@H]1NC(=O)OC(C)(C)C. The van der Waals surface area contributed by atoms with E-state index in [1.807, 2.05) is 6.92 Å². The lowest BCUT2D eigenvalue weighted by molar-refractivity contribution is -0.161. The molecule has 6 nitrogen and oxygen atoms in total. The van der Waals surface area contributed by atoms with E-state index in [0.717, 1.165) is 6.42 Å². The number of rotatable bonds is 4. The van der Waals surface area contributed by atoms with E-state index in [1.165, 1.54) is 0 Å². The average Bonchev–Trinajstić information content (AvgIpc) is 2.28. The first-order chi connectivity index (χ1) is 9.23. The molecule has 6 heteroatoms. The molecule has 0 aromatic carbocycles. The fraction of sp³-hybridized carbons (Fsp3) is 0.857. The third kappa shape index (κ3) is 5.36. The molecule has 0 aliphatic carbocycles. The molecular weight excluding hydrogens is 262 g/mol. The molecule has 1 amide bonds. The summed E-state index contributed by atoms with van der Waals surface area (Å²) in [5, 5.41) is 11.8. The van der Waals surface area contributed by atoms with Crippen LogP contribution in [0.1, 0.15) is 53.4 Å². The van der Waals surface area contributed by atoms with Crippen LogP contribution in [0.5, 0.6) is 0 Å². The monoisotopic (exact) mass is 287 g/mol. The molecule has 20 heavy (non-hydrogen) atoms. The Kier molecular flexibility index (Phi) is 5.80. The van der Waals surface area contributed by atoms with Gasteiger partial charge < -0.3 is 19.9 Å². The molecule has 0 radical (unpaired) electrons. The van der Waals surface area contributed by atoms with Crippen LogP contribution in [0.4, 0.5) is 4.79 Å². The first kappa shape index (κ1) is 16.8. The number of hydrogen-bond acceptors (Lipinski definition) is 4. The van der Waals surface area contributed by atoms with E-state index in [-0.39, 0.29) is 12.1 Å². The predicted octanol–water partition coefficient (Wildman–Crippen LogP) is 2.31. The lowest BCUT2D eigenvalue weighted by Gasteiger charge is -2.35. The van der Waals surface area contributed by atoms with Crippen LogP contribution in [0.15, 0.2) is 0 Å². The second-order valence-electron chi connectivity index (χ2n) is 6.12. The molecule has 1 fully saturated rings. The maximum atomic E-state index is 11.8. The van der Waals surface area contributed by atoms with Gasteiger partial charge in [-0.25, -0.2) is 9.59 Å². The van der Waals surface area contributed by atoms with Gasteiger partial charge in [-0.15, -0.1) is 0 Å². The van der Waals surface area contributed by atoms with E-state index >= 15 is 0 Å². The molecule has 1 rings (SSSR count). The molecule has 2 N–H and O–H groups in total. The molecule has 116 valence electrons. The Morgan fingerprint density at radius 3 is 2.50 bits per heavy atom. The van der Waals surface area contributed by atoms with Crippen molar-refractivity contribution in [2.45, 2.75) is 77.2 Å². The zero-order valence-corrected chi connectivity index (χ0v) is 12.6. The third-order valence-corrected chi connectivity index (χ3v) is 3.08. The van der Waals surface area contributed by atoms with E-state index in [1.54, 1.807) is 20.8 Å². The van der Waals surface area contributed by atoms with Crippen molar-refractivity contribution in [2.24, 2.45) is 0 Å². The molecule has 1 heterocycles. The first-order valence-electron chi connectivity index (χ1n) is 7.10. The maximum absolute atomic E-state index is 11.8. The van der Waals surface area contributed by atoms with Gasteiger partial charge in [-0.2, -0.15) is 0 Å². The van der Waals surface area contributed by atoms with Crippen LogP contribution in [0.2, 0.25) is 0 Å². The number of nitrogens with one attached hydrogen (secondary N) is 1. The number of carboxylic acids is 1. The van der Waals surface area contributed by atoms with E-state index in [0.29, 0.717) is 19.3 Å². The van der Waals surface area contributed by atoms with Crippen molar-refractivity contribution in [3.63, 3.8) is 0 Å². The highest BCUT2D eigenvalue weighted by molar-refractivity contribution is 5.72. The number of carbonyl (C=O) groups excluding carboxylic acids is 1. The summed E-state index contributed by atoms with van der Waals surface area (Å²) in [5.74, 6) is -0.943. The quantitative estimate of drug-likeness (QED) is 0.828. The molecule has 1 saturated heterocycles. The Labute approximate surface area is 119 Å². The number of carboxylic acid groups (broad SMARTS) is 1. The van der Waals surface area contributed by atoms with Gasteiger partial charge in [0.2, 0.25) is 0 Å². The van der Waals surface area contributed by atoms with Crippen molar-refractivity contribution in [1.29, 1.82) is 0 Å². The molecule has 1 aliphatic rings. The van der Waals surface area contributed by atoms with Crippen molar-refractivity contribution in [1.82, 2.24) is 5.32 Å². The number of alkyl carbamates (subject to hydrolysis) is 1. The fourth-order valence-corrected chi connectivity index (χ4v) is 2.25. The highest BCUT2D eigenvalue weighted by Gasteiger charge is 2.35. The number of ether oxygens (including phenoxy) is 2. The first-order valence-corrected chi connectivity index (χ1v) is 7.10. The molecule has 0 spiro atoms. The van der Waals surface area contributed by atoms with Crippen molar-refractivity contribution < 1.29 is 24.2 Å². The molecule has 3 atom stereocenters. The van der Waals surface area contributed by atoms with Crippen LogP contribution >= 0.6 is 0 Å². The Morgan fingerprint density at radius 2 is 2.00 bits per heavy atom. The van der Waals surface area contributed by atoms with Crippen molar-refractivity contribution in [2.75, 3.05) is 0 Å². The van der Waals surface area contributed by atoms with Gasteiger partial charge in [-0.1, -0.05) is 13.3 Å². The lowest BCUT2D eigenvalue weighted by atomic mass is 9.95. The normalized spacial score (nSPS) is 26.9. The van der Waals surface area contributed by atoms with E-state index in [2.05, 4.69) is 5.32 Å². The minimum atomic E-state index is -0.943. The van der Waals surface area contributed by atoms with Gasteiger partial charge in [-0.05, 0) is 40.0 Å². The molecule has 0 bridgehead atoms. The number of amides is 1. The lowest BCUT2D eigenvalue weighted by Crippen LogP contribution is -2.51. The molecule has 1 aliphatic heterocycles. The minimum Gasteiger partial charge on any atom is -0.479 e. The van der Waals surface area contributed by atoms with Crippen molar-refractivity contribution in [3.8, 4) is 0 Å². The Hall–Kier alpha value is -1.30. The standard InChI is InChI=1S/C14H25NO5/c1-5-6-10-9(7-8-11(19-10)12(16)17)15-13(18)20-14(2,3)4/h9-11H,5-8H2,1-4H3,(H,15,18)(H,16,17)/t9-,10-,11+/m1/s1. The van der Waals surface area contributed by atoms with Crippen LogP contribution in [0.25, 0.3) is 0 Å². The zero-order chi connectivity index (χ0) is 15.3. The van der Waals surface area contributed by atoms with Gasteiger partial charge >= 0.3 is 12.1 Å². The summed E-state index contributed by atoms with van der Waals surface area (Å²) in [5.41, 5.74) is -0.552. The summed E-state index contributed by atoms with van der Waals surface area (Å²) in [6.45, 7) is 7.40. The van der Waals surface area contributed by atoms with Gasteiger partial charge in [0.05, 0.1) is 12.1 Å². The van der Waals surface area contributed by atoms with Crippen LogP contribution in [0.3, 0.4) is 0 Å². The Bertz CT molecular complexity index is 350. The molecule has 0 aromatic heterocycles. The summed E-state index contributed by atoms with van der Waals surface area (Å²) in [6.07, 6.45) is 1.02. The maximum Gasteiger partial charge on any atom is 0.407 e. The second-order valence-corrected chi connectivity index (χ2v) is 6.12. The van der Waals surface area contributed by atoms with Crippen molar-refractivity contribution in [3.05, 3.63) is 0 Å². The van der Waals surface area contributed by atoms with E-state index in [4.69, 9.17) is 14.6 Å². The fourth-order valence-electron chi connectivity index (χ4n) is 2.25. The summed E-state index contributed by atoms with van der Waals surface area (Å²) < 4.78 is 10.8. The van der Waals surface area contributed by atoms with Gasteiger partial charge in [-0.3, -0.25) is 0 Å². The van der Waals surface area contributed by atoms with Crippen LogP contribution in [0, 0.1) is 0 Å². The largest absolute Gasteiger partial charge is 0.479 e. The number of carbonyl (C=O) groups is 2. The summed E-state index contributed by atoms with van der Waals surface area (Å²) in [4.78, 5) is 22.8. The zero-order valence-electron chi connectivity index (χ0n) is 12.6. The number of hydrogen-bond donors (Lipinski definition) is 2. The molecule has 0 saturated carbocycles.